The number of aryl methyl sites for hydroxylation is 1. The summed E-state index contributed by atoms with van der Waals surface area (Å²) in [5.41, 5.74) is 3.94. The van der Waals surface area contributed by atoms with E-state index in [2.05, 4.69) is 10.5 Å². The lowest BCUT2D eigenvalue weighted by atomic mass is 10.1. The maximum atomic E-state index is 13.2. The van der Waals surface area contributed by atoms with E-state index >= 15 is 0 Å². The molecule has 3 N–H and O–H groups in total. The molecule has 2 heterocycles. The zero-order valence-corrected chi connectivity index (χ0v) is 11.8. The zero-order valence-electron chi connectivity index (χ0n) is 11.0. The Balaban J connectivity index is 1.90. The van der Waals surface area contributed by atoms with Gasteiger partial charge >= 0.3 is 0 Å². The molecule has 20 heavy (non-hydrogen) atoms. The molecular weight excluding hydrogens is 275 g/mol. The van der Waals surface area contributed by atoms with E-state index in [1.54, 1.807) is 28.2 Å². The molecule has 0 bridgehead atoms. The van der Waals surface area contributed by atoms with Crippen LogP contribution in [-0.4, -0.2) is 9.78 Å². The van der Waals surface area contributed by atoms with Crippen LogP contribution in [0.2, 0.25) is 0 Å². The minimum absolute atomic E-state index is 0.000314. The fourth-order valence-corrected chi connectivity index (χ4v) is 3.37. The predicted molar refractivity (Wildman–Crippen MR) is 78.8 cm³/mol. The third-order valence-electron chi connectivity index (χ3n) is 3.24. The van der Waals surface area contributed by atoms with Crippen LogP contribution in [0, 0.1) is 5.82 Å². The van der Waals surface area contributed by atoms with Gasteiger partial charge in [-0.1, -0.05) is 0 Å². The molecule has 0 saturated carbocycles. The Labute approximate surface area is 120 Å². The van der Waals surface area contributed by atoms with E-state index in [1.165, 1.54) is 6.07 Å². The minimum Gasteiger partial charge on any atom is -0.276 e. The van der Waals surface area contributed by atoms with E-state index in [0.717, 1.165) is 26.9 Å². The van der Waals surface area contributed by atoms with Crippen LogP contribution in [0.1, 0.15) is 16.5 Å². The molecule has 0 radical (unpaired) electrons. The number of fused-ring (bicyclic) bond motifs is 1. The second-order valence-corrected chi connectivity index (χ2v) is 5.89. The lowest BCUT2D eigenvalue weighted by molar-refractivity contribution is 0.560. The van der Waals surface area contributed by atoms with Crippen LogP contribution in [0.5, 0.6) is 0 Å². The third kappa shape index (κ3) is 2.58. The van der Waals surface area contributed by atoms with Crippen LogP contribution < -0.4 is 11.3 Å². The van der Waals surface area contributed by atoms with Crippen LogP contribution in [0.4, 0.5) is 4.39 Å². The van der Waals surface area contributed by atoms with Gasteiger partial charge in [0.1, 0.15) is 5.82 Å². The Kier molecular flexibility index (Phi) is 3.52. The quantitative estimate of drug-likeness (QED) is 0.573. The molecule has 104 valence electrons. The van der Waals surface area contributed by atoms with Crippen LogP contribution >= 0.6 is 11.3 Å². The Hall–Kier alpha value is -1.76. The average molecular weight is 290 g/mol. The first kappa shape index (κ1) is 13.2. The monoisotopic (exact) mass is 290 g/mol. The van der Waals surface area contributed by atoms with Gasteiger partial charge in [-0.15, -0.1) is 11.3 Å². The van der Waals surface area contributed by atoms with Gasteiger partial charge < -0.3 is 0 Å². The number of aromatic nitrogens is 2. The summed E-state index contributed by atoms with van der Waals surface area (Å²) in [5.74, 6) is 5.45. The molecule has 1 unspecified atom stereocenters. The van der Waals surface area contributed by atoms with Gasteiger partial charge in [0, 0.05) is 22.8 Å². The van der Waals surface area contributed by atoms with Gasteiger partial charge in [0.15, 0.2) is 0 Å². The topological polar surface area (TPSA) is 55.9 Å². The number of hydrazine groups is 1. The highest BCUT2D eigenvalue weighted by atomic mass is 32.1. The summed E-state index contributed by atoms with van der Waals surface area (Å²) in [4.78, 5) is 1.09. The Bertz CT molecular complexity index is 734. The van der Waals surface area contributed by atoms with Crippen LogP contribution in [0.3, 0.4) is 0 Å². The highest BCUT2D eigenvalue weighted by Crippen LogP contribution is 2.31. The van der Waals surface area contributed by atoms with E-state index < -0.39 is 0 Å². The summed E-state index contributed by atoms with van der Waals surface area (Å²) in [6.45, 7) is 0. The summed E-state index contributed by atoms with van der Waals surface area (Å²) in [5, 5.41) is 5.07. The number of benzene rings is 1. The summed E-state index contributed by atoms with van der Waals surface area (Å²) < 4.78 is 16.1. The number of halogens is 1. The number of thiophene rings is 1. The highest BCUT2D eigenvalue weighted by molar-refractivity contribution is 7.19. The molecule has 0 saturated heterocycles. The van der Waals surface area contributed by atoms with E-state index in [1.807, 2.05) is 25.5 Å². The van der Waals surface area contributed by atoms with Crippen molar-refractivity contribution in [3.8, 4) is 0 Å². The fraction of sp³-hybridized carbons (Fsp3) is 0.214. The first-order valence-corrected chi connectivity index (χ1v) is 7.10. The van der Waals surface area contributed by atoms with Crippen molar-refractivity contribution in [3.63, 3.8) is 0 Å². The van der Waals surface area contributed by atoms with Gasteiger partial charge in [0.25, 0.3) is 0 Å². The van der Waals surface area contributed by atoms with E-state index in [4.69, 9.17) is 5.84 Å². The molecule has 0 aliphatic heterocycles. The first-order chi connectivity index (χ1) is 9.65. The van der Waals surface area contributed by atoms with Gasteiger partial charge in [-0.25, -0.2) is 4.39 Å². The molecule has 0 spiro atoms. The summed E-state index contributed by atoms with van der Waals surface area (Å²) in [6.07, 6.45) is 4.55. The number of nitrogens with one attached hydrogen (secondary N) is 1. The molecular formula is C14H15FN4S. The third-order valence-corrected chi connectivity index (χ3v) is 4.47. The molecule has 0 amide bonds. The molecule has 2 aromatic heterocycles. The average Bonchev–Trinajstić information content (AvgIpc) is 3.01. The smallest absolute Gasteiger partial charge is 0.123 e. The number of hydrogen-bond acceptors (Lipinski definition) is 4. The molecule has 3 rings (SSSR count). The standard InChI is InChI=1S/C14H15FN4S/c1-19-8-9(7-17-19)4-12(18-16)14-6-10-5-11(15)2-3-13(10)20-14/h2-3,5-8,12,18H,4,16H2,1H3. The van der Waals surface area contributed by atoms with Crippen molar-refractivity contribution in [1.29, 1.82) is 0 Å². The van der Waals surface area contributed by atoms with Gasteiger partial charge in [0.2, 0.25) is 0 Å². The van der Waals surface area contributed by atoms with Crippen LogP contribution in [0.25, 0.3) is 10.1 Å². The van der Waals surface area contributed by atoms with Crippen LogP contribution in [-0.2, 0) is 13.5 Å². The Morgan fingerprint density at radius 1 is 1.45 bits per heavy atom. The molecule has 1 aromatic carbocycles. The van der Waals surface area contributed by atoms with Crippen molar-refractivity contribution < 1.29 is 4.39 Å². The fourth-order valence-electron chi connectivity index (χ4n) is 2.26. The minimum atomic E-state index is -0.216. The molecule has 0 fully saturated rings. The van der Waals surface area contributed by atoms with Crippen molar-refractivity contribution in [2.45, 2.75) is 12.5 Å². The number of nitrogens with zero attached hydrogens (tertiary/aromatic N) is 2. The maximum Gasteiger partial charge on any atom is 0.123 e. The lowest BCUT2D eigenvalue weighted by Gasteiger charge is -2.12. The summed E-state index contributed by atoms with van der Waals surface area (Å²) in [6, 6.07) is 6.82. The predicted octanol–water partition coefficient (Wildman–Crippen LogP) is 2.52. The van der Waals surface area contributed by atoms with Crippen molar-refractivity contribution in [2.75, 3.05) is 0 Å². The number of nitrogens with two attached hydrogens (primary N) is 1. The summed E-state index contributed by atoms with van der Waals surface area (Å²) in [7, 11) is 1.89. The molecule has 0 aliphatic rings. The second kappa shape index (κ2) is 5.32. The van der Waals surface area contributed by atoms with Crippen molar-refractivity contribution >= 4 is 21.4 Å². The molecule has 0 aliphatic carbocycles. The van der Waals surface area contributed by atoms with E-state index in [-0.39, 0.29) is 11.9 Å². The first-order valence-electron chi connectivity index (χ1n) is 6.28. The van der Waals surface area contributed by atoms with Crippen LogP contribution in [0.15, 0.2) is 36.7 Å². The second-order valence-electron chi connectivity index (χ2n) is 4.78. The van der Waals surface area contributed by atoms with E-state index in [9.17, 15) is 4.39 Å². The Morgan fingerprint density at radius 2 is 2.30 bits per heavy atom. The molecule has 4 nitrogen and oxygen atoms in total. The normalized spacial score (nSPS) is 12.9. The number of hydrogen-bond donors (Lipinski definition) is 2. The van der Waals surface area contributed by atoms with Crippen molar-refractivity contribution in [3.05, 3.63) is 52.9 Å². The SMILES string of the molecule is Cn1cc(CC(NN)c2cc3cc(F)ccc3s2)cn1. The van der Waals surface area contributed by atoms with Crippen molar-refractivity contribution in [2.24, 2.45) is 12.9 Å². The van der Waals surface area contributed by atoms with E-state index in [0.29, 0.717) is 0 Å². The summed E-state index contributed by atoms with van der Waals surface area (Å²) >= 11 is 1.63. The molecule has 1 atom stereocenters. The lowest BCUT2D eigenvalue weighted by Crippen LogP contribution is -2.28. The van der Waals surface area contributed by atoms with Gasteiger partial charge in [-0.2, -0.15) is 5.10 Å². The van der Waals surface area contributed by atoms with Crippen molar-refractivity contribution in [1.82, 2.24) is 15.2 Å². The molecule has 6 heteroatoms. The number of rotatable bonds is 4. The maximum absolute atomic E-state index is 13.2. The van der Waals surface area contributed by atoms with Gasteiger partial charge in [-0.3, -0.25) is 16.0 Å². The zero-order chi connectivity index (χ0) is 14.1. The highest BCUT2D eigenvalue weighted by Gasteiger charge is 2.15. The molecule has 3 aromatic rings. The van der Waals surface area contributed by atoms with Gasteiger partial charge in [0.05, 0.1) is 12.2 Å². The Morgan fingerprint density at radius 3 is 3.00 bits per heavy atom. The largest absolute Gasteiger partial charge is 0.276 e. The van der Waals surface area contributed by atoms with Gasteiger partial charge in [-0.05, 0) is 41.6 Å².